The summed E-state index contributed by atoms with van der Waals surface area (Å²) in [6, 6.07) is 10.4. The molecule has 0 bridgehead atoms. The molecule has 7 nitrogen and oxygen atoms in total. The maximum atomic E-state index is 13.1. The molecule has 1 fully saturated rings. The Morgan fingerprint density at radius 1 is 1.32 bits per heavy atom. The van der Waals surface area contributed by atoms with Crippen LogP contribution in [0.2, 0.25) is 0 Å². The van der Waals surface area contributed by atoms with Crippen LogP contribution in [0.1, 0.15) is 18.4 Å². The first kappa shape index (κ1) is 19.8. The van der Waals surface area contributed by atoms with E-state index in [9.17, 15) is 19.3 Å². The van der Waals surface area contributed by atoms with Crippen LogP contribution < -0.4 is 10.1 Å². The monoisotopic (exact) mass is 387 g/mol. The second-order valence-corrected chi connectivity index (χ2v) is 6.83. The predicted molar refractivity (Wildman–Crippen MR) is 103 cm³/mol. The molecule has 1 saturated heterocycles. The number of non-ortho nitro benzene ring substituents is 1. The van der Waals surface area contributed by atoms with Crippen LogP contribution in [0.4, 0.5) is 15.8 Å². The molecule has 0 unspecified atom stereocenters. The molecule has 0 aliphatic carbocycles. The lowest BCUT2D eigenvalue weighted by Gasteiger charge is -2.32. The lowest BCUT2D eigenvalue weighted by Crippen LogP contribution is -2.40. The van der Waals surface area contributed by atoms with Gasteiger partial charge in [-0.15, -0.1) is 0 Å². The highest BCUT2D eigenvalue weighted by Gasteiger charge is 2.27. The summed E-state index contributed by atoms with van der Waals surface area (Å²) < 4.78 is 18.3. The number of benzene rings is 2. The quantitative estimate of drug-likeness (QED) is 0.605. The maximum absolute atomic E-state index is 13.1. The van der Waals surface area contributed by atoms with Crippen molar-refractivity contribution in [3.8, 4) is 5.75 Å². The van der Waals surface area contributed by atoms with E-state index in [0.717, 1.165) is 24.9 Å². The number of carbonyl (C=O) groups excluding carboxylic acids is 1. The topological polar surface area (TPSA) is 84.7 Å². The predicted octanol–water partition coefficient (Wildman–Crippen LogP) is 3.59. The third-order valence-corrected chi connectivity index (χ3v) is 4.85. The van der Waals surface area contributed by atoms with Gasteiger partial charge in [-0.3, -0.25) is 19.8 Å². The summed E-state index contributed by atoms with van der Waals surface area (Å²) in [7, 11) is 1.45. The van der Waals surface area contributed by atoms with E-state index in [1.165, 1.54) is 37.4 Å². The minimum absolute atomic E-state index is 0.113. The van der Waals surface area contributed by atoms with Gasteiger partial charge in [0.1, 0.15) is 11.6 Å². The maximum Gasteiger partial charge on any atom is 0.271 e. The van der Waals surface area contributed by atoms with E-state index in [4.69, 9.17) is 4.74 Å². The average molecular weight is 387 g/mol. The van der Waals surface area contributed by atoms with Crippen LogP contribution in [0, 0.1) is 21.8 Å². The van der Waals surface area contributed by atoms with Crippen molar-refractivity contribution >= 4 is 17.3 Å². The summed E-state index contributed by atoms with van der Waals surface area (Å²) in [5, 5.41) is 13.8. The van der Waals surface area contributed by atoms with Crippen LogP contribution in [-0.2, 0) is 11.3 Å². The van der Waals surface area contributed by atoms with Crippen molar-refractivity contribution < 1.29 is 18.8 Å². The molecule has 2 aromatic rings. The molecule has 0 aromatic heterocycles. The number of hydrogen-bond acceptors (Lipinski definition) is 5. The number of nitro groups is 1. The van der Waals surface area contributed by atoms with Crippen molar-refractivity contribution in [2.45, 2.75) is 19.4 Å². The molecule has 0 spiro atoms. The van der Waals surface area contributed by atoms with Gasteiger partial charge in [0.05, 0.1) is 23.6 Å². The van der Waals surface area contributed by atoms with Gasteiger partial charge in [-0.2, -0.15) is 0 Å². The SMILES string of the molecule is COc1ccc([N+](=O)[O-])cc1NC(=O)[C@H]1CCCN(Cc2ccc(F)cc2)C1. The van der Waals surface area contributed by atoms with Gasteiger partial charge >= 0.3 is 0 Å². The van der Waals surface area contributed by atoms with E-state index in [1.54, 1.807) is 12.1 Å². The van der Waals surface area contributed by atoms with E-state index >= 15 is 0 Å². The summed E-state index contributed by atoms with van der Waals surface area (Å²) in [6.07, 6.45) is 1.61. The molecule has 148 valence electrons. The first-order chi connectivity index (χ1) is 13.5. The Labute approximate surface area is 162 Å². The fraction of sp³-hybridized carbons (Fsp3) is 0.350. The Morgan fingerprint density at radius 3 is 2.75 bits per heavy atom. The van der Waals surface area contributed by atoms with Gasteiger partial charge in [0, 0.05) is 25.2 Å². The number of ether oxygens (including phenoxy) is 1. The van der Waals surface area contributed by atoms with Crippen LogP contribution in [-0.4, -0.2) is 35.9 Å². The zero-order chi connectivity index (χ0) is 20.1. The van der Waals surface area contributed by atoms with Gasteiger partial charge in [0.2, 0.25) is 5.91 Å². The fourth-order valence-electron chi connectivity index (χ4n) is 3.40. The Morgan fingerprint density at radius 2 is 2.07 bits per heavy atom. The van der Waals surface area contributed by atoms with Gasteiger partial charge in [-0.25, -0.2) is 4.39 Å². The molecule has 0 radical (unpaired) electrons. The first-order valence-corrected chi connectivity index (χ1v) is 9.06. The number of piperidine rings is 1. The minimum atomic E-state index is -0.514. The smallest absolute Gasteiger partial charge is 0.271 e. The largest absolute Gasteiger partial charge is 0.495 e. The molecule has 2 aromatic carbocycles. The molecular formula is C20H22FN3O4. The molecule has 8 heteroatoms. The first-order valence-electron chi connectivity index (χ1n) is 9.06. The number of methoxy groups -OCH3 is 1. The zero-order valence-corrected chi connectivity index (χ0v) is 15.6. The standard InChI is InChI=1S/C20H22FN3O4/c1-28-19-9-8-17(24(26)27)11-18(19)22-20(25)15-3-2-10-23(13-15)12-14-4-6-16(21)7-5-14/h4-9,11,15H,2-3,10,12-13H2,1H3,(H,22,25)/t15-/m0/s1. The molecule has 28 heavy (non-hydrogen) atoms. The van der Waals surface area contributed by atoms with Crippen LogP contribution >= 0.6 is 0 Å². The highest BCUT2D eigenvalue weighted by molar-refractivity contribution is 5.94. The lowest BCUT2D eigenvalue weighted by atomic mass is 9.96. The Bertz CT molecular complexity index is 857. The van der Waals surface area contributed by atoms with E-state index in [2.05, 4.69) is 10.2 Å². The van der Waals surface area contributed by atoms with E-state index in [-0.39, 0.29) is 29.0 Å². The summed E-state index contributed by atoms with van der Waals surface area (Å²) in [4.78, 5) is 25.4. The highest BCUT2D eigenvalue weighted by atomic mass is 19.1. The Balaban J connectivity index is 1.66. The number of rotatable bonds is 6. The molecule has 1 heterocycles. The molecule has 1 amide bonds. The van der Waals surface area contributed by atoms with Gasteiger partial charge in [0.25, 0.3) is 5.69 Å². The van der Waals surface area contributed by atoms with Crippen molar-refractivity contribution in [1.82, 2.24) is 4.90 Å². The van der Waals surface area contributed by atoms with Gasteiger partial charge in [0.15, 0.2) is 0 Å². The summed E-state index contributed by atoms with van der Waals surface area (Å²) in [5.41, 5.74) is 1.16. The number of amides is 1. The molecule has 1 atom stereocenters. The van der Waals surface area contributed by atoms with Crippen molar-refractivity contribution in [3.63, 3.8) is 0 Å². The second kappa shape index (κ2) is 8.79. The Kier molecular flexibility index (Phi) is 6.20. The van der Waals surface area contributed by atoms with Crippen molar-refractivity contribution in [1.29, 1.82) is 0 Å². The zero-order valence-electron chi connectivity index (χ0n) is 15.6. The summed E-state index contributed by atoms with van der Waals surface area (Å²) in [5.74, 6) is -0.329. The van der Waals surface area contributed by atoms with Crippen molar-refractivity contribution in [2.75, 3.05) is 25.5 Å². The third-order valence-electron chi connectivity index (χ3n) is 4.85. The van der Waals surface area contributed by atoms with E-state index in [0.29, 0.717) is 18.8 Å². The number of likely N-dealkylation sites (tertiary alicyclic amines) is 1. The molecular weight excluding hydrogens is 365 g/mol. The number of nitrogens with one attached hydrogen (secondary N) is 1. The number of nitrogens with zero attached hydrogens (tertiary/aromatic N) is 2. The number of halogens is 1. The van der Waals surface area contributed by atoms with Gasteiger partial charge < -0.3 is 10.1 Å². The van der Waals surface area contributed by atoms with Crippen molar-refractivity contribution in [2.24, 2.45) is 5.92 Å². The van der Waals surface area contributed by atoms with Crippen LogP contribution in [0.15, 0.2) is 42.5 Å². The van der Waals surface area contributed by atoms with Crippen LogP contribution in [0.3, 0.4) is 0 Å². The van der Waals surface area contributed by atoms with Crippen LogP contribution in [0.5, 0.6) is 5.75 Å². The molecule has 0 saturated carbocycles. The number of nitro benzene ring substituents is 1. The number of anilines is 1. The van der Waals surface area contributed by atoms with Crippen molar-refractivity contribution in [3.05, 3.63) is 64.0 Å². The van der Waals surface area contributed by atoms with Gasteiger partial charge in [-0.1, -0.05) is 12.1 Å². The highest BCUT2D eigenvalue weighted by Crippen LogP contribution is 2.30. The van der Waals surface area contributed by atoms with E-state index in [1.807, 2.05) is 0 Å². The molecule has 3 rings (SSSR count). The molecule has 1 aliphatic heterocycles. The minimum Gasteiger partial charge on any atom is -0.495 e. The third kappa shape index (κ3) is 4.83. The van der Waals surface area contributed by atoms with E-state index < -0.39 is 4.92 Å². The lowest BCUT2D eigenvalue weighted by molar-refractivity contribution is -0.384. The molecule has 1 aliphatic rings. The Hall–Kier alpha value is -3.00. The molecule has 1 N–H and O–H groups in total. The van der Waals surface area contributed by atoms with Crippen LogP contribution in [0.25, 0.3) is 0 Å². The normalized spacial score (nSPS) is 17.1. The number of carbonyl (C=O) groups is 1. The fourth-order valence-corrected chi connectivity index (χ4v) is 3.40. The number of hydrogen-bond donors (Lipinski definition) is 1. The summed E-state index contributed by atoms with van der Waals surface area (Å²) in [6.45, 7) is 2.08. The second-order valence-electron chi connectivity index (χ2n) is 6.83. The summed E-state index contributed by atoms with van der Waals surface area (Å²) >= 11 is 0. The average Bonchev–Trinajstić information content (AvgIpc) is 2.70. The van der Waals surface area contributed by atoms with Gasteiger partial charge in [-0.05, 0) is 43.1 Å².